The van der Waals surface area contributed by atoms with E-state index in [4.69, 9.17) is 32.3 Å². The third-order valence-electron chi connectivity index (χ3n) is 6.50. The molecule has 0 bridgehead atoms. The van der Waals surface area contributed by atoms with Crippen molar-refractivity contribution >= 4 is 29.4 Å². The molecule has 0 saturated heterocycles. The Labute approximate surface area is 244 Å². The molecule has 0 aliphatic rings. The molecule has 0 atom stereocenters. The molecule has 2 aromatic carbocycles. The van der Waals surface area contributed by atoms with Crippen LogP contribution in [0.2, 0.25) is 12.1 Å². The van der Waals surface area contributed by atoms with Gasteiger partial charge in [-0.05, 0) is 37.1 Å². The average molecular weight is 594 g/mol. The summed E-state index contributed by atoms with van der Waals surface area (Å²) in [7, 11) is 5.02. The number of hydrogen-bond donors (Lipinski definition) is 2. The summed E-state index contributed by atoms with van der Waals surface area (Å²) in [5.74, 6) is 0. The number of benzene rings is 2. The molecule has 3 N–H and O–H groups in total. The Kier molecular flexibility index (Phi) is 19.7. The molecular formula is C29H51N3O6Si2. The zero-order chi connectivity index (χ0) is 29.5. The summed E-state index contributed by atoms with van der Waals surface area (Å²) in [6.07, 6.45) is 6.23. The molecule has 0 radical (unpaired) electrons. The van der Waals surface area contributed by atoms with Gasteiger partial charge < -0.3 is 37.6 Å². The monoisotopic (exact) mass is 593 g/mol. The van der Waals surface area contributed by atoms with Gasteiger partial charge in [-0.2, -0.15) is 0 Å². The fourth-order valence-electron chi connectivity index (χ4n) is 4.10. The second kappa shape index (κ2) is 21.8. The highest BCUT2D eigenvalue weighted by Gasteiger charge is 2.37. The van der Waals surface area contributed by atoms with Gasteiger partial charge in [0.2, 0.25) is 0 Å². The zero-order valence-corrected chi connectivity index (χ0v) is 27.3. The van der Waals surface area contributed by atoms with Crippen molar-refractivity contribution in [2.24, 2.45) is 5.73 Å². The van der Waals surface area contributed by atoms with E-state index in [1.165, 1.54) is 5.56 Å². The maximum absolute atomic E-state index is 5.72. The largest absolute Gasteiger partial charge is 0.500 e. The third kappa shape index (κ3) is 14.1. The Morgan fingerprint density at radius 2 is 1.20 bits per heavy atom. The molecule has 0 heterocycles. The standard InChI is InChI=1S/C17H30N2O3Si.C12H21NO3Si/c1-20-23(21-2,22-3)16-8-14-19(15-12-18)13-7-11-17-9-5-4-6-10-17;1-14-17(15-2,16-3)11-7-10-13-12-8-5-4-6-9-12/h4-7,9-11H,8,12-16,18H2,1-3H3;4-6,8-9,13H,7,10-11H2,1-3H3. The van der Waals surface area contributed by atoms with Gasteiger partial charge >= 0.3 is 17.6 Å². The van der Waals surface area contributed by atoms with E-state index in [1.807, 2.05) is 48.5 Å². The van der Waals surface area contributed by atoms with Crippen LogP contribution in [0.15, 0.2) is 66.7 Å². The molecule has 2 aromatic rings. The number of nitrogens with two attached hydrogens (primary N) is 1. The maximum Gasteiger partial charge on any atom is 0.500 e. The summed E-state index contributed by atoms with van der Waals surface area (Å²) < 4.78 is 32.4. The number of para-hydroxylation sites is 1. The predicted molar refractivity (Wildman–Crippen MR) is 168 cm³/mol. The summed E-state index contributed by atoms with van der Waals surface area (Å²) >= 11 is 0. The molecule has 11 heteroatoms. The minimum atomic E-state index is -2.47. The Balaban J connectivity index is 0.000000418. The fraction of sp³-hybridized carbons (Fsp3) is 0.517. The molecule has 226 valence electrons. The van der Waals surface area contributed by atoms with Gasteiger partial charge in [-0.1, -0.05) is 60.7 Å². The van der Waals surface area contributed by atoms with Gasteiger partial charge in [0, 0.05) is 86.6 Å². The molecule has 0 fully saturated rings. The van der Waals surface area contributed by atoms with Crippen LogP contribution < -0.4 is 11.1 Å². The second-order valence-corrected chi connectivity index (χ2v) is 15.2. The van der Waals surface area contributed by atoms with Crippen LogP contribution in [0.5, 0.6) is 0 Å². The lowest BCUT2D eigenvalue weighted by Crippen LogP contribution is -2.43. The topological polar surface area (TPSA) is 96.7 Å². The molecule has 0 spiro atoms. The van der Waals surface area contributed by atoms with E-state index in [1.54, 1.807) is 42.7 Å². The van der Waals surface area contributed by atoms with Crippen LogP contribution in [0.4, 0.5) is 5.69 Å². The maximum atomic E-state index is 5.72. The molecule has 40 heavy (non-hydrogen) atoms. The zero-order valence-electron chi connectivity index (χ0n) is 25.3. The molecule has 0 unspecified atom stereocenters. The number of nitrogens with zero attached hydrogens (tertiary/aromatic N) is 1. The van der Waals surface area contributed by atoms with Gasteiger partial charge in [-0.15, -0.1) is 0 Å². The van der Waals surface area contributed by atoms with Crippen LogP contribution in [0.3, 0.4) is 0 Å². The van der Waals surface area contributed by atoms with Crippen molar-refractivity contribution in [2.45, 2.75) is 24.9 Å². The third-order valence-corrected chi connectivity index (χ3v) is 12.2. The van der Waals surface area contributed by atoms with Crippen LogP contribution in [-0.4, -0.2) is 97.9 Å². The van der Waals surface area contributed by atoms with Crippen LogP contribution in [0, 0.1) is 0 Å². The van der Waals surface area contributed by atoms with Crippen molar-refractivity contribution in [2.75, 3.05) is 80.7 Å². The predicted octanol–water partition coefficient (Wildman–Crippen LogP) is 4.60. The van der Waals surface area contributed by atoms with Gasteiger partial charge in [0.25, 0.3) is 0 Å². The van der Waals surface area contributed by atoms with Gasteiger partial charge in [0.1, 0.15) is 0 Å². The molecule has 0 saturated carbocycles. The lowest BCUT2D eigenvalue weighted by molar-refractivity contribution is 0.121. The molecule has 0 aliphatic carbocycles. The summed E-state index contributed by atoms with van der Waals surface area (Å²) in [5, 5.41) is 3.35. The van der Waals surface area contributed by atoms with Crippen molar-refractivity contribution in [3.05, 3.63) is 72.3 Å². The van der Waals surface area contributed by atoms with Gasteiger partial charge in [0.05, 0.1) is 0 Å². The number of anilines is 1. The molecule has 9 nitrogen and oxygen atoms in total. The first kappa shape index (κ1) is 36.1. The van der Waals surface area contributed by atoms with Gasteiger partial charge in [-0.3, -0.25) is 4.90 Å². The Morgan fingerprint density at radius 3 is 1.70 bits per heavy atom. The van der Waals surface area contributed by atoms with Crippen molar-refractivity contribution in [3.8, 4) is 0 Å². The quantitative estimate of drug-likeness (QED) is 0.169. The summed E-state index contributed by atoms with van der Waals surface area (Å²) in [4.78, 5) is 2.33. The van der Waals surface area contributed by atoms with Crippen LogP contribution >= 0.6 is 0 Å². The number of rotatable bonds is 20. The molecule has 0 aromatic heterocycles. The molecule has 0 amide bonds. The fourth-order valence-corrected chi connectivity index (χ4v) is 7.53. The molecular weight excluding hydrogens is 543 g/mol. The average Bonchev–Trinajstić information content (AvgIpc) is 3.01. The van der Waals surface area contributed by atoms with E-state index in [2.05, 4.69) is 34.5 Å². The van der Waals surface area contributed by atoms with E-state index in [0.717, 1.165) is 56.8 Å². The highest BCUT2D eigenvalue weighted by Crippen LogP contribution is 2.16. The SMILES string of the molecule is CO[Si](CCCN(CC=Cc1ccccc1)CCN)(OC)OC.CO[Si](CCCNc1ccccc1)(OC)OC. The van der Waals surface area contributed by atoms with Gasteiger partial charge in [0.15, 0.2) is 0 Å². The Bertz CT molecular complexity index is 871. The normalized spacial score (nSPS) is 12.0. The van der Waals surface area contributed by atoms with Gasteiger partial charge in [-0.25, -0.2) is 0 Å². The lowest BCUT2D eigenvalue weighted by Gasteiger charge is -2.26. The minimum absolute atomic E-state index is 0.653. The van der Waals surface area contributed by atoms with E-state index in [9.17, 15) is 0 Å². The van der Waals surface area contributed by atoms with Crippen LogP contribution in [0.1, 0.15) is 18.4 Å². The van der Waals surface area contributed by atoms with E-state index in [0.29, 0.717) is 6.54 Å². The lowest BCUT2D eigenvalue weighted by atomic mass is 10.2. The summed E-state index contributed by atoms with van der Waals surface area (Å²) in [5.41, 5.74) is 8.06. The van der Waals surface area contributed by atoms with Crippen molar-refractivity contribution in [1.29, 1.82) is 0 Å². The van der Waals surface area contributed by atoms with Crippen molar-refractivity contribution in [3.63, 3.8) is 0 Å². The highest BCUT2D eigenvalue weighted by atomic mass is 28.4. The first-order valence-electron chi connectivity index (χ1n) is 13.7. The Morgan fingerprint density at radius 1 is 0.700 bits per heavy atom. The second-order valence-electron chi connectivity index (χ2n) is 8.99. The van der Waals surface area contributed by atoms with Crippen LogP contribution in [-0.2, 0) is 26.6 Å². The van der Waals surface area contributed by atoms with Crippen molar-refractivity contribution in [1.82, 2.24) is 4.90 Å². The summed E-state index contributed by atoms with van der Waals surface area (Å²) in [6.45, 7) is 4.24. The van der Waals surface area contributed by atoms with E-state index >= 15 is 0 Å². The highest BCUT2D eigenvalue weighted by molar-refractivity contribution is 6.60. The number of nitrogens with one attached hydrogen (secondary N) is 1. The molecule has 2 rings (SSSR count). The molecule has 0 aliphatic heterocycles. The summed E-state index contributed by atoms with van der Waals surface area (Å²) in [6, 6.07) is 22.1. The van der Waals surface area contributed by atoms with Crippen molar-refractivity contribution < 1.29 is 26.6 Å². The smallest absolute Gasteiger partial charge is 0.385 e. The number of hydrogen-bond acceptors (Lipinski definition) is 9. The Hall–Kier alpha value is -1.91. The van der Waals surface area contributed by atoms with E-state index < -0.39 is 17.6 Å². The van der Waals surface area contributed by atoms with E-state index in [-0.39, 0.29) is 0 Å². The minimum Gasteiger partial charge on any atom is -0.385 e. The first-order valence-corrected chi connectivity index (χ1v) is 17.6. The van der Waals surface area contributed by atoms with Crippen LogP contribution in [0.25, 0.3) is 6.08 Å². The first-order chi connectivity index (χ1) is 19.5.